The lowest BCUT2D eigenvalue weighted by Gasteiger charge is -2.30. The Morgan fingerprint density at radius 1 is 0.963 bits per heavy atom. The van der Waals surface area contributed by atoms with Gasteiger partial charge in [0.25, 0.3) is 0 Å². The smallest absolute Gasteiger partial charge is 0.224 e. The van der Waals surface area contributed by atoms with E-state index in [1.165, 1.54) is 45.3 Å². The highest BCUT2D eigenvalue weighted by Gasteiger charge is 2.19. The van der Waals surface area contributed by atoms with Crippen LogP contribution in [0, 0.1) is 11.8 Å². The van der Waals surface area contributed by atoms with Gasteiger partial charge in [-0.2, -0.15) is 4.98 Å². The molecule has 0 aromatic carbocycles. The molecule has 1 aromatic heterocycles. The van der Waals surface area contributed by atoms with Crippen molar-refractivity contribution in [3.8, 4) is 0 Å². The van der Waals surface area contributed by atoms with Gasteiger partial charge in [-0.15, -0.1) is 0 Å². The summed E-state index contributed by atoms with van der Waals surface area (Å²) in [4.78, 5) is 14.4. The van der Waals surface area contributed by atoms with Gasteiger partial charge in [-0.3, -0.25) is 0 Å². The molecule has 27 heavy (non-hydrogen) atoms. The molecule has 3 heterocycles. The van der Waals surface area contributed by atoms with Crippen molar-refractivity contribution in [2.75, 3.05) is 64.0 Å². The van der Waals surface area contributed by atoms with Crippen molar-refractivity contribution in [2.24, 2.45) is 11.8 Å². The van der Waals surface area contributed by atoms with Crippen LogP contribution in [0.1, 0.15) is 51.1 Å². The van der Waals surface area contributed by atoms with Gasteiger partial charge in [0.15, 0.2) is 0 Å². The molecule has 2 saturated heterocycles. The summed E-state index contributed by atoms with van der Waals surface area (Å²) in [6.07, 6.45) is 5.19. The minimum atomic E-state index is 0.399. The third kappa shape index (κ3) is 6.32. The Kier molecular flexibility index (Phi) is 7.30. The third-order valence-corrected chi connectivity index (χ3v) is 5.90. The number of hydrogen-bond acceptors (Lipinski definition) is 6. The average Bonchev–Trinajstić information content (AvgIpc) is 2.65. The van der Waals surface area contributed by atoms with E-state index in [1.807, 2.05) is 0 Å². The van der Waals surface area contributed by atoms with Crippen LogP contribution >= 0.6 is 0 Å². The number of aromatic nitrogens is 2. The lowest BCUT2D eigenvalue weighted by molar-refractivity contribution is 0.217. The number of rotatable bonds is 7. The van der Waals surface area contributed by atoms with Gasteiger partial charge in [0.2, 0.25) is 5.95 Å². The van der Waals surface area contributed by atoms with Gasteiger partial charge in [0, 0.05) is 32.2 Å². The zero-order valence-corrected chi connectivity index (χ0v) is 17.7. The maximum atomic E-state index is 4.76. The molecule has 0 saturated carbocycles. The van der Waals surface area contributed by atoms with Crippen molar-refractivity contribution in [2.45, 2.75) is 45.4 Å². The highest BCUT2D eigenvalue weighted by Crippen LogP contribution is 2.21. The third-order valence-electron chi connectivity index (χ3n) is 5.90. The second-order valence-corrected chi connectivity index (χ2v) is 8.96. The Balaban J connectivity index is 1.59. The Hall–Kier alpha value is -1.40. The molecule has 2 fully saturated rings. The van der Waals surface area contributed by atoms with Crippen LogP contribution in [-0.2, 0) is 0 Å². The lowest BCUT2D eigenvalue weighted by Crippen LogP contribution is -2.35. The molecule has 2 unspecified atom stereocenters. The summed E-state index contributed by atoms with van der Waals surface area (Å²) in [5.41, 5.74) is 1.11. The molecule has 3 rings (SSSR count). The van der Waals surface area contributed by atoms with Crippen LogP contribution in [0.25, 0.3) is 0 Å². The van der Waals surface area contributed by atoms with E-state index in [1.54, 1.807) is 0 Å². The summed E-state index contributed by atoms with van der Waals surface area (Å²) in [5, 5.41) is 7.11. The van der Waals surface area contributed by atoms with E-state index in [0.717, 1.165) is 37.1 Å². The first-order chi connectivity index (χ1) is 13.0. The van der Waals surface area contributed by atoms with Gasteiger partial charge in [-0.25, -0.2) is 4.98 Å². The maximum absolute atomic E-state index is 4.76. The van der Waals surface area contributed by atoms with Crippen LogP contribution in [0.3, 0.4) is 0 Å². The first-order valence-electron chi connectivity index (χ1n) is 10.7. The maximum Gasteiger partial charge on any atom is 0.224 e. The van der Waals surface area contributed by atoms with Crippen LogP contribution in [0.5, 0.6) is 0 Å². The Bertz CT molecular complexity index is 546. The largest absolute Gasteiger partial charge is 0.370 e. The zero-order valence-electron chi connectivity index (χ0n) is 17.7. The Labute approximate surface area is 165 Å². The van der Waals surface area contributed by atoms with Gasteiger partial charge >= 0.3 is 0 Å². The highest BCUT2D eigenvalue weighted by molar-refractivity contribution is 5.43. The van der Waals surface area contributed by atoms with Gasteiger partial charge in [0.1, 0.15) is 5.82 Å². The summed E-state index contributed by atoms with van der Waals surface area (Å²) in [5.74, 6) is 3.53. The summed E-state index contributed by atoms with van der Waals surface area (Å²) in [6, 6.07) is 2.12. The number of nitrogens with one attached hydrogen (secondary N) is 2. The quantitative estimate of drug-likeness (QED) is 0.765. The molecule has 2 aliphatic heterocycles. The van der Waals surface area contributed by atoms with Crippen molar-refractivity contribution in [3.05, 3.63) is 11.8 Å². The van der Waals surface area contributed by atoms with Gasteiger partial charge < -0.3 is 20.4 Å². The number of hydrogen-bond donors (Lipinski definition) is 2. The molecule has 0 radical (unpaired) electrons. The summed E-state index contributed by atoms with van der Waals surface area (Å²) >= 11 is 0. The molecule has 6 heteroatoms. The highest BCUT2D eigenvalue weighted by atomic mass is 15.2. The monoisotopic (exact) mass is 374 g/mol. The molecule has 0 amide bonds. The number of anilines is 2. The second kappa shape index (κ2) is 9.69. The molecule has 0 bridgehead atoms. The predicted octanol–water partition coefficient (Wildman–Crippen LogP) is 3.11. The topological polar surface area (TPSA) is 56.3 Å². The van der Waals surface area contributed by atoms with Crippen LogP contribution in [0.4, 0.5) is 11.8 Å². The SMILES string of the molecule is CC(C)c1cc(NCC2CCCN(C)C2)nc(NCC2CCCN(C)C2)n1. The fourth-order valence-electron chi connectivity index (χ4n) is 4.30. The van der Waals surface area contributed by atoms with Gasteiger partial charge in [-0.1, -0.05) is 13.8 Å². The fourth-order valence-corrected chi connectivity index (χ4v) is 4.30. The molecule has 6 nitrogen and oxygen atoms in total. The van der Waals surface area contributed by atoms with E-state index in [4.69, 9.17) is 9.97 Å². The van der Waals surface area contributed by atoms with Crippen molar-refractivity contribution in [3.63, 3.8) is 0 Å². The lowest BCUT2D eigenvalue weighted by atomic mass is 9.98. The second-order valence-electron chi connectivity index (χ2n) is 8.96. The van der Waals surface area contributed by atoms with Crippen LogP contribution in [0.2, 0.25) is 0 Å². The van der Waals surface area contributed by atoms with Crippen LogP contribution in [-0.4, -0.2) is 73.1 Å². The van der Waals surface area contributed by atoms with Gasteiger partial charge in [0.05, 0.1) is 5.69 Å². The van der Waals surface area contributed by atoms with Gasteiger partial charge in [-0.05, 0) is 70.6 Å². The molecule has 1 aromatic rings. The molecular weight excluding hydrogens is 336 g/mol. The van der Waals surface area contributed by atoms with Crippen molar-refractivity contribution in [1.82, 2.24) is 19.8 Å². The molecule has 152 valence electrons. The van der Waals surface area contributed by atoms with Crippen LogP contribution in [0.15, 0.2) is 6.07 Å². The summed E-state index contributed by atoms with van der Waals surface area (Å²) < 4.78 is 0. The molecule has 2 N–H and O–H groups in total. The average molecular weight is 375 g/mol. The molecule has 0 aliphatic carbocycles. The first kappa shape index (κ1) is 20.3. The molecular formula is C21H38N6. The number of piperidine rings is 2. The molecule has 2 aliphatic rings. The summed E-state index contributed by atoms with van der Waals surface area (Å²) in [6.45, 7) is 11.1. The first-order valence-corrected chi connectivity index (χ1v) is 10.7. The van der Waals surface area contributed by atoms with E-state index in [-0.39, 0.29) is 0 Å². The predicted molar refractivity (Wildman–Crippen MR) is 114 cm³/mol. The Morgan fingerprint density at radius 2 is 1.56 bits per heavy atom. The van der Waals surface area contributed by atoms with E-state index in [9.17, 15) is 0 Å². The normalized spacial score (nSPS) is 24.9. The van der Waals surface area contributed by atoms with Crippen LogP contribution < -0.4 is 10.6 Å². The Morgan fingerprint density at radius 3 is 2.11 bits per heavy atom. The van der Waals surface area contributed by atoms with E-state index in [0.29, 0.717) is 17.8 Å². The number of likely N-dealkylation sites (tertiary alicyclic amines) is 2. The fraction of sp³-hybridized carbons (Fsp3) is 0.810. The standard InChI is InChI=1S/C21H38N6/c1-16(2)19-11-20(22-12-17-7-5-9-26(3)14-17)25-21(24-19)23-13-18-8-6-10-27(4)15-18/h11,16-18H,5-10,12-15H2,1-4H3,(H2,22,23,24,25). The minimum Gasteiger partial charge on any atom is -0.370 e. The molecule has 0 spiro atoms. The molecule has 2 atom stereocenters. The number of nitrogens with zero attached hydrogens (tertiary/aromatic N) is 4. The van der Waals surface area contributed by atoms with E-state index < -0.39 is 0 Å². The van der Waals surface area contributed by atoms with Crippen molar-refractivity contribution in [1.29, 1.82) is 0 Å². The van der Waals surface area contributed by atoms with Crippen molar-refractivity contribution >= 4 is 11.8 Å². The van der Waals surface area contributed by atoms with E-state index in [2.05, 4.69) is 54.4 Å². The minimum absolute atomic E-state index is 0.399. The zero-order chi connectivity index (χ0) is 19.2. The van der Waals surface area contributed by atoms with Crippen molar-refractivity contribution < 1.29 is 0 Å². The summed E-state index contributed by atoms with van der Waals surface area (Å²) in [7, 11) is 4.44. The van der Waals surface area contributed by atoms with E-state index >= 15 is 0 Å².